The van der Waals surface area contributed by atoms with Crippen LogP contribution in [0, 0.1) is 0 Å². The molecule has 3 rings (SSSR count). The second-order valence-electron chi connectivity index (χ2n) is 5.28. The largest absolute Gasteiger partial charge is 0.361 e. The van der Waals surface area contributed by atoms with Crippen LogP contribution in [-0.4, -0.2) is 22.6 Å². The van der Waals surface area contributed by atoms with E-state index in [9.17, 15) is 0 Å². The van der Waals surface area contributed by atoms with Gasteiger partial charge in [0.25, 0.3) is 0 Å². The summed E-state index contributed by atoms with van der Waals surface area (Å²) >= 11 is 0. The molecule has 0 amide bonds. The van der Waals surface area contributed by atoms with Gasteiger partial charge in [-0.1, -0.05) is 18.2 Å². The Morgan fingerprint density at radius 1 is 1.35 bits per heavy atom. The Morgan fingerprint density at radius 3 is 3.00 bits per heavy atom. The summed E-state index contributed by atoms with van der Waals surface area (Å²) in [4.78, 5) is 6.74. The zero-order valence-electron chi connectivity index (χ0n) is 12.0. The smallest absolute Gasteiger partial charge is 0.0948 e. The van der Waals surface area contributed by atoms with E-state index in [2.05, 4.69) is 45.6 Å². The predicted octanol–water partition coefficient (Wildman–Crippen LogP) is 2.36. The van der Waals surface area contributed by atoms with E-state index in [1.54, 1.807) is 0 Å². The first-order chi connectivity index (χ1) is 9.85. The van der Waals surface area contributed by atoms with E-state index in [1.165, 1.54) is 23.4 Å². The number of fused-ring (bicyclic) bond motifs is 1. The number of para-hydroxylation sites is 1. The molecule has 2 heterocycles. The average Bonchev–Trinajstić information content (AvgIpc) is 2.97. The van der Waals surface area contributed by atoms with Gasteiger partial charge in [-0.3, -0.25) is 0 Å². The molecule has 2 aromatic rings. The Labute approximate surface area is 120 Å². The van der Waals surface area contributed by atoms with Crippen LogP contribution in [0.4, 0.5) is 5.69 Å². The predicted molar refractivity (Wildman–Crippen MR) is 81.8 cm³/mol. The summed E-state index contributed by atoms with van der Waals surface area (Å²) in [6, 6.07) is 8.88. The summed E-state index contributed by atoms with van der Waals surface area (Å²) in [5.74, 6) is 0. The van der Waals surface area contributed by atoms with Gasteiger partial charge >= 0.3 is 0 Å². The molecule has 4 nitrogen and oxygen atoms in total. The molecule has 1 aliphatic heterocycles. The Hall–Kier alpha value is -1.81. The van der Waals surface area contributed by atoms with Crippen LogP contribution < -0.4 is 10.6 Å². The first-order valence-electron chi connectivity index (χ1n) is 7.39. The van der Waals surface area contributed by atoms with Crippen LogP contribution in [0.2, 0.25) is 0 Å². The fourth-order valence-electron chi connectivity index (χ4n) is 3.17. The third-order valence-electron chi connectivity index (χ3n) is 4.17. The van der Waals surface area contributed by atoms with E-state index in [0.29, 0.717) is 6.54 Å². The number of hydrogen-bond acceptors (Lipinski definition) is 3. The number of hydrogen-bond donors (Lipinski definition) is 1. The van der Waals surface area contributed by atoms with Gasteiger partial charge in [-0.05, 0) is 31.4 Å². The summed E-state index contributed by atoms with van der Waals surface area (Å²) in [6.45, 7) is 4.75. The van der Waals surface area contributed by atoms with E-state index in [0.717, 1.165) is 19.5 Å². The summed E-state index contributed by atoms with van der Waals surface area (Å²) in [6.07, 6.45) is 6.21. The van der Waals surface area contributed by atoms with Gasteiger partial charge in [0.15, 0.2) is 0 Å². The summed E-state index contributed by atoms with van der Waals surface area (Å²) < 4.78 is 2.19. The molecule has 106 valence electrons. The number of nitrogens with two attached hydrogens (primary N) is 1. The standard InChI is InChI=1S/C16H22N4/c1-2-19-12-18-11-16(19)15(10-17)20-9-5-7-13-6-3-4-8-14(13)20/h3-4,6,8,11-12,15H,2,5,7,9-10,17H2,1H3. The molecular weight excluding hydrogens is 248 g/mol. The van der Waals surface area contributed by atoms with E-state index >= 15 is 0 Å². The molecule has 1 aromatic heterocycles. The van der Waals surface area contributed by atoms with Crippen LogP contribution in [-0.2, 0) is 13.0 Å². The van der Waals surface area contributed by atoms with Crippen molar-refractivity contribution < 1.29 is 0 Å². The fraction of sp³-hybridized carbons (Fsp3) is 0.438. The van der Waals surface area contributed by atoms with Crippen molar-refractivity contribution in [3.05, 3.63) is 48.0 Å². The van der Waals surface area contributed by atoms with E-state index < -0.39 is 0 Å². The maximum absolute atomic E-state index is 6.09. The lowest BCUT2D eigenvalue weighted by molar-refractivity contribution is 0.549. The Balaban J connectivity index is 1.99. The molecule has 4 heteroatoms. The van der Waals surface area contributed by atoms with Crippen molar-refractivity contribution in [3.63, 3.8) is 0 Å². The molecule has 1 aliphatic rings. The topological polar surface area (TPSA) is 47.1 Å². The zero-order chi connectivity index (χ0) is 13.9. The van der Waals surface area contributed by atoms with Gasteiger partial charge in [0.05, 0.1) is 24.3 Å². The minimum absolute atomic E-state index is 0.207. The molecule has 0 fully saturated rings. The number of nitrogens with zero attached hydrogens (tertiary/aromatic N) is 3. The first-order valence-corrected chi connectivity index (χ1v) is 7.39. The molecule has 0 radical (unpaired) electrons. The molecular formula is C16H22N4. The van der Waals surface area contributed by atoms with Crippen molar-refractivity contribution in [3.8, 4) is 0 Å². The van der Waals surface area contributed by atoms with Gasteiger partial charge in [-0.25, -0.2) is 4.98 Å². The Kier molecular flexibility index (Phi) is 3.74. The van der Waals surface area contributed by atoms with Gasteiger partial charge in [-0.2, -0.15) is 0 Å². The van der Waals surface area contributed by atoms with Crippen molar-refractivity contribution >= 4 is 5.69 Å². The Bertz CT molecular complexity index is 575. The van der Waals surface area contributed by atoms with Crippen LogP contribution in [0.3, 0.4) is 0 Å². The first kappa shape index (κ1) is 13.2. The van der Waals surface area contributed by atoms with Crippen molar-refractivity contribution in [2.45, 2.75) is 32.4 Å². The second-order valence-corrected chi connectivity index (χ2v) is 5.28. The molecule has 0 saturated carbocycles. The van der Waals surface area contributed by atoms with E-state index in [-0.39, 0.29) is 6.04 Å². The monoisotopic (exact) mass is 270 g/mol. The normalized spacial score (nSPS) is 16.0. The number of benzene rings is 1. The van der Waals surface area contributed by atoms with Gasteiger partial charge < -0.3 is 15.2 Å². The second kappa shape index (κ2) is 5.67. The molecule has 1 aromatic carbocycles. The fourth-order valence-corrected chi connectivity index (χ4v) is 3.17. The summed E-state index contributed by atoms with van der Waals surface area (Å²) in [5, 5.41) is 0. The number of aryl methyl sites for hydroxylation is 2. The molecule has 0 bridgehead atoms. The minimum Gasteiger partial charge on any atom is -0.361 e. The highest BCUT2D eigenvalue weighted by Crippen LogP contribution is 2.33. The van der Waals surface area contributed by atoms with Crippen LogP contribution in [0.15, 0.2) is 36.8 Å². The average molecular weight is 270 g/mol. The van der Waals surface area contributed by atoms with Crippen molar-refractivity contribution in [1.29, 1.82) is 0 Å². The van der Waals surface area contributed by atoms with Crippen molar-refractivity contribution in [2.24, 2.45) is 5.73 Å². The van der Waals surface area contributed by atoms with Gasteiger partial charge in [0.1, 0.15) is 0 Å². The van der Waals surface area contributed by atoms with Crippen LogP contribution in [0.5, 0.6) is 0 Å². The minimum atomic E-state index is 0.207. The Morgan fingerprint density at radius 2 is 2.20 bits per heavy atom. The molecule has 0 spiro atoms. The van der Waals surface area contributed by atoms with Gasteiger partial charge in [-0.15, -0.1) is 0 Å². The summed E-state index contributed by atoms with van der Waals surface area (Å²) in [7, 11) is 0. The maximum atomic E-state index is 6.09. The van der Waals surface area contributed by atoms with Crippen molar-refractivity contribution in [2.75, 3.05) is 18.0 Å². The van der Waals surface area contributed by atoms with Crippen LogP contribution in [0.25, 0.3) is 0 Å². The number of aromatic nitrogens is 2. The SMILES string of the molecule is CCn1cncc1C(CN)N1CCCc2ccccc21. The number of anilines is 1. The highest BCUT2D eigenvalue weighted by molar-refractivity contribution is 5.56. The molecule has 1 atom stereocenters. The third kappa shape index (κ3) is 2.20. The molecule has 0 saturated heterocycles. The van der Waals surface area contributed by atoms with Crippen LogP contribution >= 0.6 is 0 Å². The molecule has 0 aliphatic carbocycles. The lowest BCUT2D eigenvalue weighted by atomic mass is 9.99. The van der Waals surface area contributed by atoms with E-state index in [4.69, 9.17) is 5.73 Å². The van der Waals surface area contributed by atoms with E-state index in [1.807, 2.05) is 12.5 Å². The number of rotatable bonds is 4. The molecule has 20 heavy (non-hydrogen) atoms. The number of imidazole rings is 1. The quantitative estimate of drug-likeness (QED) is 0.927. The van der Waals surface area contributed by atoms with Gasteiger partial charge in [0, 0.05) is 25.3 Å². The maximum Gasteiger partial charge on any atom is 0.0948 e. The highest BCUT2D eigenvalue weighted by atomic mass is 15.2. The molecule has 1 unspecified atom stereocenters. The third-order valence-corrected chi connectivity index (χ3v) is 4.17. The van der Waals surface area contributed by atoms with Crippen molar-refractivity contribution in [1.82, 2.24) is 9.55 Å². The highest BCUT2D eigenvalue weighted by Gasteiger charge is 2.26. The van der Waals surface area contributed by atoms with Crippen LogP contribution in [0.1, 0.15) is 30.6 Å². The van der Waals surface area contributed by atoms with Gasteiger partial charge in [0.2, 0.25) is 0 Å². The lowest BCUT2D eigenvalue weighted by Gasteiger charge is -2.37. The lowest BCUT2D eigenvalue weighted by Crippen LogP contribution is -2.38. The zero-order valence-corrected chi connectivity index (χ0v) is 12.0. The molecule has 2 N–H and O–H groups in total. The summed E-state index contributed by atoms with van der Waals surface area (Å²) in [5.41, 5.74) is 10.1.